The van der Waals surface area contributed by atoms with Gasteiger partial charge >= 0.3 is 0 Å². The minimum absolute atomic E-state index is 0.449. The highest BCUT2D eigenvalue weighted by molar-refractivity contribution is 5.34. The lowest BCUT2D eigenvalue weighted by Crippen LogP contribution is -2.35. The van der Waals surface area contributed by atoms with Crippen LogP contribution < -0.4 is 5.73 Å². The molecule has 0 radical (unpaired) electrons. The molecule has 0 saturated heterocycles. The van der Waals surface area contributed by atoms with Crippen molar-refractivity contribution in [3.05, 3.63) is 34.9 Å². The van der Waals surface area contributed by atoms with Gasteiger partial charge in [-0.1, -0.05) is 23.8 Å². The largest absolute Gasteiger partial charge is 0.328 e. The molecule has 0 aromatic heterocycles. The second-order valence-corrected chi connectivity index (χ2v) is 4.29. The van der Waals surface area contributed by atoms with E-state index in [4.69, 9.17) is 5.73 Å². The van der Waals surface area contributed by atoms with Gasteiger partial charge in [0.1, 0.15) is 0 Å². The summed E-state index contributed by atoms with van der Waals surface area (Å²) in [6.07, 6.45) is 2.34. The summed E-state index contributed by atoms with van der Waals surface area (Å²) in [6.45, 7) is 4.35. The Kier molecular flexibility index (Phi) is 2.12. The number of aryl methyl sites for hydroxylation is 2. The molecule has 0 heterocycles. The van der Waals surface area contributed by atoms with Crippen molar-refractivity contribution in [2.24, 2.45) is 5.73 Å². The van der Waals surface area contributed by atoms with E-state index in [1.165, 1.54) is 29.5 Å². The van der Waals surface area contributed by atoms with Crippen molar-refractivity contribution in [3.63, 3.8) is 0 Å². The van der Waals surface area contributed by atoms with Crippen LogP contribution in [0.1, 0.15) is 35.4 Å². The fourth-order valence-corrected chi connectivity index (χ4v) is 2.12. The fraction of sp³-hybridized carbons (Fsp3) is 0.500. The first-order chi connectivity index (χ1) is 6.16. The van der Waals surface area contributed by atoms with Crippen LogP contribution in [0.4, 0.5) is 0 Å². The number of rotatable bonds is 1. The minimum atomic E-state index is 0.449. The lowest BCUT2D eigenvalue weighted by molar-refractivity contribution is 0.350. The van der Waals surface area contributed by atoms with Crippen molar-refractivity contribution in [3.8, 4) is 0 Å². The standard InChI is InChI=1S/C12H17N/c1-8-3-4-9(2)12(5-8)10-6-11(13)7-10/h3-5,10-11H,6-7,13H2,1-2H3. The van der Waals surface area contributed by atoms with Gasteiger partial charge in [-0.3, -0.25) is 0 Å². The van der Waals surface area contributed by atoms with Gasteiger partial charge in [0.05, 0.1) is 0 Å². The number of hydrogen-bond donors (Lipinski definition) is 1. The average Bonchev–Trinajstić information content (AvgIpc) is 2.04. The summed E-state index contributed by atoms with van der Waals surface area (Å²) >= 11 is 0. The molecule has 1 aliphatic carbocycles. The van der Waals surface area contributed by atoms with Crippen molar-refractivity contribution in [2.75, 3.05) is 0 Å². The summed E-state index contributed by atoms with van der Waals surface area (Å²) in [5, 5.41) is 0. The molecule has 1 aliphatic rings. The molecule has 0 spiro atoms. The van der Waals surface area contributed by atoms with E-state index in [1.54, 1.807) is 0 Å². The van der Waals surface area contributed by atoms with Crippen LogP contribution in [0, 0.1) is 13.8 Å². The molecule has 0 unspecified atom stereocenters. The van der Waals surface area contributed by atoms with E-state index in [0.717, 1.165) is 5.92 Å². The molecule has 1 aromatic carbocycles. The van der Waals surface area contributed by atoms with E-state index in [9.17, 15) is 0 Å². The molecule has 13 heavy (non-hydrogen) atoms. The van der Waals surface area contributed by atoms with Gasteiger partial charge in [0, 0.05) is 6.04 Å². The van der Waals surface area contributed by atoms with Crippen LogP contribution in [0.2, 0.25) is 0 Å². The Hall–Kier alpha value is -0.820. The Balaban J connectivity index is 2.24. The molecule has 70 valence electrons. The van der Waals surface area contributed by atoms with Crippen LogP contribution in [-0.2, 0) is 0 Å². The van der Waals surface area contributed by atoms with Crippen LogP contribution in [0.25, 0.3) is 0 Å². The van der Waals surface area contributed by atoms with Gasteiger partial charge in [0.15, 0.2) is 0 Å². The third-order valence-corrected chi connectivity index (χ3v) is 3.05. The Morgan fingerprint density at radius 1 is 1.23 bits per heavy atom. The summed E-state index contributed by atoms with van der Waals surface area (Å²) in [7, 11) is 0. The van der Waals surface area contributed by atoms with Crippen molar-refractivity contribution in [2.45, 2.75) is 38.6 Å². The monoisotopic (exact) mass is 175 g/mol. The summed E-state index contributed by atoms with van der Waals surface area (Å²) < 4.78 is 0. The first kappa shape index (κ1) is 8.76. The highest BCUT2D eigenvalue weighted by atomic mass is 14.7. The first-order valence-corrected chi connectivity index (χ1v) is 4.99. The van der Waals surface area contributed by atoms with Crippen molar-refractivity contribution < 1.29 is 0 Å². The summed E-state index contributed by atoms with van der Waals surface area (Å²) in [4.78, 5) is 0. The quantitative estimate of drug-likeness (QED) is 0.697. The third kappa shape index (κ3) is 1.61. The molecule has 0 aliphatic heterocycles. The molecule has 0 atom stereocenters. The zero-order chi connectivity index (χ0) is 9.42. The minimum Gasteiger partial charge on any atom is -0.328 e. The number of benzene rings is 1. The summed E-state index contributed by atoms with van der Waals surface area (Å²) in [6, 6.07) is 7.16. The molecule has 1 fully saturated rings. The van der Waals surface area contributed by atoms with Gasteiger partial charge in [0.25, 0.3) is 0 Å². The van der Waals surface area contributed by atoms with Gasteiger partial charge in [-0.2, -0.15) is 0 Å². The number of nitrogens with two attached hydrogens (primary N) is 1. The summed E-state index contributed by atoms with van der Waals surface area (Å²) in [5.41, 5.74) is 10.1. The van der Waals surface area contributed by atoms with Crippen LogP contribution in [0.15, 0.2) is 18.2 Å². The normalized spacial score (nSPS) is 27.0. The predicted molar refractivity (Wildman–Crippen MR) is 55.9 cm³/mol. The van der Waals surface area contributed by atoms with E-state index in [-0.39, 0.29) is 0 Å². The van der Waals surface area contributed by atoms with Gasteiger partial charge in [-0.25, -0.2) is 0 Å². The number of hydrogen-bond acceptors (Lipinski definition) is 1. The van der Waals surface area contributed by atoms with E-state index in [2.05, 4.69) is 32.0 Å². The molecule has 0 amide bonds. The smallest absolute Gasteiger partial charge is 0.00504 e. The highest BCUT2D eigenvalue weighted by Crippen LogP contribution is 2.37. The maximum absolute atomic E-state index is 5.79. The molecule has 1 aromatic rings. The Labute approximate surface area is 80.0 Å². The maximum Gasteiger partial charge on any atom is 0.00504 e. The summed E-state index contributed by atoms with van der Waals surface area (Å²) in [5.74, 6) is 0.731. The van der Waals surface area contributed by atoms with E-state index in [1.807, 2.05) is 0 Å². The SMILES string of the molecule is Cc1ccc(C)c(C2CC(N)C2)c1. The van der Waals surface area contributed by atoms with E-state index >= 15 is 0 Å². The molecular weight excluding hydrogens is 158 g/mol. The lowest BCUT2D eigenvalue weighted by Gasteiger charge is -2.34. The van der Waals surface area contributed by atoms with Gasteiger partial charge in [-0.05, 0) is 43.7 Å². The predicted octanol–water partition coefficient (Wildman–Crippen LogP) is 2.51. The van der Waals surface area contributed by atoms with Gasteiger partial charge in [-0.15, -0.1) is 0 Å². The van der Waals surface area contributed by atoms with Crippen LogP contribution in [0.5, 0.6) is 0 Å². The molecule has 2 N–H and O–H groups in total. The zero-order valence-corrected chi connectivity index (χ0v) is 8.38. The van der Waals surface area contributed by atoms with Crippen LogP contribution in [0.3, 0.4) is 0 Å². The Bertz CT molecular complexity index is 311. The topological polar surface area (TPSA) is 26.0 Å². The molecule has 1 saturated carbocycles. The van der Waals surface area contributed by atoms with Crippen LogP contribution in [-0.4, -0.2) is 6.04 Å². The van der Waals surface area contributed by atoms with Gasteiger partial charge in [0.2, 0.25) is 0 Å². The third-order valence-electron chi connectivity index (χ3n) is 3.05. The van der Waals surface area contributed by atoms with Crippen molar-refractivity contribution in [1.82, 2.24) is 0 Å². The fourth-order valence-electron chi connectivity index (χ4n) is 2.12. The van der Waals surface area contributed by atoms with Gasteiger partial charge < -0.3 is 5.73 Å². The zero-order valence-electron chi connectivity index (χ0n) is 8.38. The molecule has 0 bridgehead atoms. The second kappa shape index (κ2) is 3.15. The maximum atomic E-state index is 5.79. The lowest BCUT2D eigenvalue weighted by atomic mass is 9.75. The van der Waals surface area contributed by atoms with E-state index < -0.39 is 0 Å². The highest BCUT2D eigenvalue weighted by Gasteiger charge is 2.28. The van der Waals surface area contributed by atoms with Crippen molar-refractivity contribution in [1.29, 1.82) is 0 Å². The van der Waals surface area contributed by atoms with Crippen LogP contribution >= 0.6 is 0 Å². The van der Waals surface area contributed by atoms with E-state index in [0.29, 0.717) is 6.04 Å². The Morgan fingerprint density at radius 3 is 2.54 bits per heavy atom. The Morgan fingerprint density at radius 2 is 1.92 bits per heavy atom. The average molecular weight is 175 g/mol. The second-order valence-electron chi connectivity index (χ2n) is 4.29. The first-order valence-electron chi connectivity index (χ1n) is 4.99. The molecule has 1 nitrogen and oxygen atoms in total. The molecular formula is C12H17N. The van der Waals surface area contributed by atoms with Crippen molar-refractivity contribution >= 4 is 0 Å². The molecule has 2 rings (SSSR count). The molecule has 1 heteroatoms.